The van der Waals surface area contributed by atoms with Gasteiger partial charge in [-0.1, -0.05) is 36.5 Å². The number of halogens is 2. The molecule has 0 saturated heterocycles. The molecule has 0 aliphatic heterocycles. The van der Waals surface area contributed by atoms with Crippen LogP contribution in [0.1, 0.15) is 57.1 Å². The summed E-state index contributed by atoms with van der Waals surface area (Å²) >= 11 is 13.3. The summed E-state index contributed by atoms with van der Waals surface area (Å²) in [7, 11) is 0. The van der Waals surface area contributed by atoms with E-state index in [4.69, 9.17) is 28.0 Å². The fraction of sp³-hybridized carbons (Fsp3) is 0.458. The maximum Gasteiger partial charge on any atom is 0.252 e. The van der Waals surface area contributed by atoms with Gasteiger partial charge >= 0.3 is 0 Å². The van der Waals surface area contributed by atoms with Crippen molar-refractivity contribution in [3.8, 4) is 5.75 Å². The SMILES string of the molecule is CCCC12CCC(=O)C=C1c1c(cc(ON(CCCn3ccnc3)C(C)=O)c(Cl)c1Cl)C2. The molecule has 0 saturated carbocycles. The molecular weight excluding hydrogens is 449 g/mol. The zero-order chi connectivity index (χ0) is 22.9. The highest BCUT2D eigenvalue weighted by atomic mass is 35.5. The summed E-state index contributed by atoms with van der Waals surface area (Å²) in [6, 6.07) is 1.89. The van der Waals surface area contributed by atoms with Crippen LogP contribution in [0.25, 0.3) is 5.57 Å². The number of benzene rings is 1. The third-order valence-corrected chi connectivity index (χ3v) is 7.25. The van der Waals surface area contributed by atoms with Gasteiger partial charge in [-0.2, -0.15) is 5.06 Å². The van der Waals surface area contributed by atoms with Crippen molar-refractivity contribution in [2.24, 2.45) is 5.41 Å². The molecular formula is C24H27Cl2N3O3. The molecule has 1 amide bonds. The van der Waals surface area contributed by atoms with Gasteiger partial charge in [0.2, 0.25) is 0 Å². The number of aromatic nitrogens is 2. The van der Waals surface area contributed by atoms with E-state index < -0.39 is 0 Å². The van der Waals surface area contributed by atoms with Gasteiger partial charge in [0.15, 0.2) is 11.5 Å². The van der Waals surface area contributed by atoms with Crippen molar-refractivity contribution in [3.63, 3.8) is 0 Å². The van der Waals surface area contributed by atoms with Crippen LogP contribution < -0.4 is 4.84 Å². The van der Waals surface area contributed by atoms with Crippen LogP contribution in [0, 0.1) is 5.41 Å². The summed E-state index contributed by atoms with van der Waals surface area (Å²) < 4.78 is 1.95. The van der Waals surface area contributed by atoms with Crippen molar-refractivity contribution in [1.29, 1.82) is 0 Å². The summed E-state index contributed by atoms with van der Waals surface area (Å²) in [6.07, 6.45) is 12.0. The lowest BCUT2D eigenvalue weighted by Crippen LogP contribution is -2.33. The summed E-state index contributed by atoms with van der Waals surface area (Å²) in [6.45, 7) is 4.73. The number of ketones is 1. The standard InChI is InChI=1S/C24H27Cl2N3O3/c1-3-6-24-7-5-18(31)13-19(24)21-17(14-24)12-20(22(25)23(21)26)32-29(16(2)30)10-4-9-28-11-8-27-15-28/h8,11-13,15H,3-7,9-10,14H2,1-2H3. The van der Waals surface area contributed by atoms with Gasteiger partial charge in [-0.15, -0.1) is 0 Å². The Hall–Kier alpha value is -2.31. The first-order chi connectivity index (χ1) is 15.3. The first-order valence-electron chi connectivity index (χ1n) is 11.0. The second-order valence-electron chi connectivity index (χ2n) is 8.63. The quantitative estimate of drug-likeness (QED) is 0.472. The van der Waals surface area contributed by atoms with Crippen molar-refractivity contribution in [2.75, 3.05) is 6.54 Å². The molecule has 0 spiro atoms. The number of fused-ring (bicyclic) bond motifs is 3. The fourth-order valence-electron chi connectivity index (χ4n) is 4.95. The molecule has 170 valence electrons. The van der Waals surface area contributed by atoms with Crippen LogP contribution in [0.2, 0.25) is 10.0 Å². The predicted octanol–water partition coefficient (Wildman–Crippen LogP) is 5.51. The van der Waals surface area contributed by atoms with E-state index in [2.05, 4.69) is 11.9 Å². The van der Waals surface area contributed by atoms with E-state index in [-0.39, 0.29) is 22.1 Å². The fourth-order valence-corrected chi connectivity index (χ4v) is 5.45. The molecule has 1 aromatic carbocycles. The maximum absolute atomic E-state index is 12.2. The average Bonchev–Trinajstić information content (AvgIpc) is 3.37. The summed E-state index contributed by atoms with van der Waals surface area (Å²) in [5.74, 6) is 0.283. The highest BCUT2D eigenvalue weighted by Crippen LogP contribution is 2.58. The monoisotopic (exact) mass is 475 g/mol. The molecule has 0 bridgehead atoms. The lowest BCUT2D eigenvalue weighted by Gasteiger charge is -2.33. The van der Waals surface area contributed by atoms with Crippen LogP contribution in [-0.2, 0) is 22.6 Å². The van der Waals surface area contributed by atoms with Gasteiger partial charge < -0.3 is 9.40 Å². The Bertz CT molecular complexity index is 1060. The van der Waals surface area contributed by atoms with Gasteiger partial charge in [0.05, 0.1) is 17.9 Å². The van der Waals surface area contributed by atoms with Gasteiger partial charge in [-0.3, -0.25) is 9.59 Å². The van der Waals surface area contributed by atoms with Crippen LogP contribution in [0.3, 0.4) is 0 Å². The molecule has 0 fully saturated rings. The second-order valence-corrected chi connectivity index (χ2v) is 9.39. The Labute approximate surface area is 198 Å². The molecule has 2 aliphatic carbocycles. The van der Waals surface area contributed by atoms with E-state index in [9.17, 15) is 9.59 Å². The summed E-state index contributed by atoms with van der Waals surface area (Å²) in [4.78, 5) is 34.4. The lowest BCUT2D eigenvalue weighted by molar-refractivity contribution is -0.155. The molecule has 1 unspecified atom stereocenters. The minimum atomic E-state index is -0.215. The minimum Gasteiger partial charge on any atom is -0.375 e. The van der Waals surface area contributed by atoms with Crippen LogP contribution in [-0.4, -0.2) is 32.8 Å². The number of imidazole rings is 1. The normalized spacial score (nSPS) is 19.4. The molecule has 1 aromatic heterocycles. The molecule has 0 N–H and O–H groups in total. The van der Waals surface area contributed by atoms with E-state index in [1.807, 2.05) is 16.8 Å². The van der Waals surface area contributed by atoms with Crippen LogP contribution in [0.4, 0.5) is 0 Å². The van der Waals surface area contributed by atoms with E-state index in [0.717, 1.165) is 42.4 Å². The third-order valence-electron chi connectivity index (χ3n) is 6.40. The molecule has 0 radical (unpaired) electrons. The molecule has 4 rings (SSSR count). The molecule has 8 heteroatoms. The molecule has 1 atom stereocenters. The van der Waals surface area contributed by atoms with Gasteiger partial charge in [-0.05, 0) is 49.0 Å². The number of allylic oxidation sites excluding steroid dienone is 2. The number of hydrogen-bond donors (Lipinski definition) is 0. The molecule has 6 nitrogen and oxygen atoms in total. The Morgan fingerprint density at radius 1 is 1.34 bits per heavy atom. The summed E-state index contributed by atoms with van der Waals surface area (Å²) in [5, 5.41) is 1.96. The molecule has 2 aliphatic rings. The van der Waals surface area contributed by atoms with Crippen LogP contribution in [0.5, 0.6) is 5.75 Å². The number of amides is 1. The van der Waals surface area contributed by atoms with Gasteiger partial charge in [0.25, 0.3) is 5.91 Å². The van der Waals surface area contributed by atoms with Gasteiger partial charge in [0.1, 0.15) is 5.02 Å². The van der Waals surface area contributed by atoms with E-state index in [0.29, 0.717) is 36.7 Å². The largest absolute Gasteiger partial charge is 0.375 e. The smallest absolute Gasteiger partial charge is 0.252 e. The van der Waals surface area contributed by atoms with Crippen molar-refractivity contribution in [1.82, 2.24) is 14.6 Å². The Morgan fingerprint density at radius 2 is 2.16 bits per heavy atom. The van der Waals surface area contributed by atoms with Crippen molar-refractivity contribution < 1.29 is 14.4 Å². The zero-order valence-corrected chi connectivity index (χ0v) is 19.9. The lowest BCUT2D eigenvalue weighted by atomic mass is 9.70. The summed E-state index contributed by atoms with van der Waals surface area (Å²) in [5.41, 5.74) is 2.81. The highest BCUT2D eigenvalue weighted by molar-refractivity contribution is 6.44. The zero-order valence-electron chi connectivity index (χ0n) is 18.4. The van der Waals surface area contributed by atoms with E-state index in [1.165, 1.54) is 12.0 Å². The van der Waals surface area contributed by atoms with Crippen LogP contribution >= 0.6 is 23.2 Å². The maximum atomic E-state index is 12.2. The number of hydroxylamine groups is 2. The number of nitrogens with zero attached hydrogens (tertiary/aromatic N) is 3. The Morgan fingerprint density at radius 3 is 2.84 bits per heavy atom. The number of carbonyl (C=O) groups is 2. The van der Waals surface area contributed by atoms with Crippen molar-refractivity contribution in [3.05, 3.63) is 52.0 Å². The first-order valence-corrected chi connectivity index (χ1v) is 11.8. The topological polar surface area (TPSA) is 64.4 Å². The molecule has 32 heavy (non-hydrogen) atoms. The Kier molecular flexibility index (Phi) is 6.63. The molecule has 1 heterocycles. The van der Waals surface area contributed by atoms with Crippen LogP contribution in [0.15, 0.2) is 30.9 Å². The first kappa shape index (κ1) is 22.9. The van der Waals surface area contributed by atoms with Crippen molar-refractivity contribution in [2.45, 2.75) is 58.9 Å². The van der Waals surface area contributed by atoms with Gasteiger partial charge in [-0.25, -0.2) is 4.98 Å². The number of hydrogen-bond acceptors (Lipinski definition) is 4. The predicted molar refractivity (Wildman–Crippen MR) is 125 cm³/mol. The average molecular weight is 476 g/mol. The number of carbonyl (C=O) groups excluding carboxylic acids is 2. The molecule has 2 aromatic rings. The number of rotatable bonds is 8. The van der Waals surface area contributed by atoms with Gasteiger partial charge in [0, 0.05) is 43.3 Å². The third kappa shape index (κ3) is 4.30. The second kappa shape index (κ2) is 9.28. The van der Waals surface area contributed by atoms with Crippen molar-refractivity contribution >= 4 is 40.5 Å². The minimum absolute atomic E-state index is 0.0817. The number of aryl methyl sites for hydroxylation is 1. The van der Waals surface area contributed by atoms with E-state index >= 15 is 0 Å². The van der Waals surface area contributed by atoms with E-state index in [1.54, 1.807) is 18.6 Å². The highest BCUT2D eigenvalue weighted by Gasteiger charge is 2.45. The Balaban J connectivity index is 1.60.